The molecule has 3 atom stereocenters. The highest BCUT2D eigenvalue weighted by molar-refractivity contribution is 5.95. The third-order valence-electron chi connectivity index (χ3n) is 4.90. The number of nitrogens with zero attached hydrogens (tertiary/aromatic N) is 2. The van der Waals surface area contributed by atoms with E-state index in [-0.39, 0.29) is 24.0 Å². The first-order valence-electron chi connectivity index (χ1n) is 7.67. The van der Waals surface area contributed by atoms with Crippen LogP contribution in [0.4, 0.5) is 0 Å². The molecule has 0 aromatic carbocycles. The summed E-state index contributed by atoms with van der Waals surface area (Å²) in [6.07, 6.45) is 7.64. The van der Waals surface area contributed by atoms with E-state index in [2.05, 4.69) is 10.2 Å². The molecule has 3 unspecified atom stereocenters. The Labute approximate surface area is 119 Å². The van der Waals surface area contributed by atoms with Crippen molar-refractivity contribution in [3.63, 3.8) is 0 Å². The van der Waals surface area contributed by atoms with E-state index in [1.807, 2.05) is 11.8 Å². The second-order valence-electron chi connectivity index (χ2n) is 6.13. The lowest BCUT2D eigenvalue weighted by atomic mass is 9.80. The molecule has 0 spiro atoms. The second kappa shape index (κ2) is 5.56. The number of aliphatic hydroxyl groups excluding tert-OH is 1. The highest BCUT2D eigenvalue weighted by Crippen LogP contribution is 2.35. The zero-order valence-electron chi connectivity index (χ0n) is 12.0. The molecule has 20 heavy (non-hydrogen) atoms. The molecular weight excluding hydrogens is 254 g/mol. The molecule has 1 amide bonds. The molecule has 1 aliphatic carbocycles. The lowest BCUT2D eigenvalue weighted by Crippen LogP contribution is -2.45. The van der Waals surface area contributed by atoms with Crippen LogP contribution in [-0.2, 0) is 0 Å². The Hall–Kier alpha value is -1.36. The van der Waals surface area contributed by atoms with Gasteiger partial charge in [0.15, 0.2) is 0 Å². The van der Waals surface area contributed by atoms with Crippen molar-refractivity contribution < 1.29 is 9.90 Å². The smallest absolute Gasteiger partial charge is 0.257 e. The van der Waals surface area contributed by atoms with Crippen LogP contribution in [0.25, 0.3) is 0 Å². The lowest BCUT2D eigenvalue weighted by molar-refractivity contribution is 0.0211. The van der Waals surface area contributed by atoms with Crippen LogP contribution in [0.1, 0.15) is 54.6 Å². The predicted octanol–water partition coefficient (Wildman–Crippen LogP) is 1.87. The number of hydrogen-bond acceptors (Lipinski definition) is 3. The van der Waals surface area contributed by atoms with E-state index in [4.69, 9.17) is 0 Å². The van der Waals surface area contributed by atoms with Crippen molar-refractivity contribution in [2.45, 2.75) is 57.6 Å². The molecule has 3 rings (SSSR count). The molecule has 1 aromatic rings. The largest absolute Gasteiger partial charge is 0.393 e. The van der Waals surface area contributed by atoms with Gasteiger partial charge in [-0.2, -0.15) is 5.10 Å². The van der Waals surface area contributed by atoms with Crippen LogP contribution in [0.2, 0.25) is 0 Å². The first-order valence-corrected chi connectivity index (χ1v) is 7.67. The average Bonchev–Trinajstić information content (AvgIpc) is 3.07. The third-order valence-corrected chi connectivity index (χ3v) is 4.90. The number of H-pyrrole nitrogens is 1. The molecule has 2 fully saturated rings. The van der Waals surface area contributed by atoms with Crippen molar-refractivity contribution in [3.8, 4) is 0 Å². The SMILES string of the molecule is Cc1[nH]ncc1C(=O)N1CCCC1C1CCCCC1O. The molecule has 0 radical (unpaired) electrons. The van der Waals surface area contributed by atoms with Crippen molar-refractivity contribution in [3.05, 3.63) is 17.5 Å². The van der Waals surface area contributed by atoms with Crippen LogP contribution in [0.3, 0.4) is 0 Å². The predicted molar refractivity (Wildman–Crippen MR) is 75.3 cm³/mol. The van der Waals surface area contributed by atoms with Crippen molar-refractivity contribution in [2.24, 2.45) is 5.92 Å². The number of rotatable bonds is 2. The molecule has 1 aliphatic heterocycles. The van der Waals surface area contributed by atoms with Crippen LogP contribution < -0.4 is 0 Å². The van der Waals surface area contributed by atoms with E-state index in [1.165, 1.54) is 6.42 Å². The summed E-state index contributed by atoms with van der Waals surface area (Å²) in [5, 5.41) is 17.0. The summed E-state index contributed by atoms with van der Waals surface area (Å²) >= 11 is 0. The van der Waals surface area contributed by atoms with Gasteiger partial charge in [-0.1, -0.05) is 12.8 Å². The van der Waals surface area contributed by atoms with E-state index in [0.29, 0.717) is 5.56 Å². The number of carbonyl (C=O) groups is 1. The van der Waals surface area contributed by atoms with E-state index in [0.717, 1.165) is 44.3 Å². The topological polar surface area (TPSA) is 69.2 Å². The second-order valence-corrected chi connectivity index (χ2v) is 6.13. The molecule has 5 heteroatoms. The Balaban J connectivity index is 1.78. The minimum Gasteiger partial charge on any atom is -0.393 e. The van der Waals surface area contributed by atoms with E-state index >= 15 is 0 Å². The van der Waals surface area contributed by atoms with Gasteiger partial charge in [0.2, 0.25) is 0 Å². The fourth-order valence-corrected chi connectivity index (χ4v) is 3.80. The maximum atomic E-state index is 12.7. The monoisotopic (exact) mass is 277 g/mol. The standard InChI is InChI=1S/C15H23N3O2/c1-10-12(9-16-17-10)15(20)18-8-4-6-13(18)11-5-2-3-7-14(11)19/h9,11,13-14,19H,2-8H2,1H3,(H,16,17). The Morgan fingerprint density at radius 3 is 2.85 bits per heavy atom. The van der Waals surface area contributed by atoms with Gasteiger partial charge < -0.3 is 10.0 Å². The first kappa shape index (κ1) is 13.6. The van der Waals surface area contributed by atoms with Gasteiger partial charge in [0.1, 0.15) is 0 Å². The van der Waals surface area contributed by atoms with E-state index in [1.54, 1.807) is 6.20 Å². The van der Waals surface area contributed by atoms with Gasteiger partial charge in [0.25, 0.3) is 5.91 Å². The number of aliphatic hydroxyl groups is 1. The van der Waals surface area contributed by atoms with Crippen LogP contribution in [0.5, 0.6) is 0 Å². The van der Waals surface area contributed by atoms with Crippen molar-refractivity contribution in [1.29, 1.82) is 0 Å². The van der Waals surface area contributed by atoms with Gasteiger partial charge in [-0.3, -0.25) is 9.89 Å². The first-order chi connectivity index (χ1) is 9.68. The van der Waals surface area contributed by atoms with Crippen molar-refractivity contribution in [2.75, 3.05) is 6.54 Å². The maximum absolute atomic E-state index is 12.7. The Morgan fingerprint density at radius 1 is 1.35 bits per heavy atom. The molecule has 1 aromatic heterocycles. The quantitative estimate of drug-likeness (QED) is 0.867. The average molecular weight is 277 g/mol. The molecule has 5 nitrogen and oxygen atoms in total. The Kier molecular flexibility index (Phi) is 3.78. The number of carbonyl (C=O) groups excluding carboxylic acids is 1. The fourth-order valence-electron chi connectivity index (χ4n) is 3.80. The van der Waals surface area contributed by atoms with Crippen molar-refractivity contribution >= 4 is 5.91 Å². The van der Waals surface area contributed by atoms with Crippen LogP contribution in [0.15, 0.2) is 6.20 Å². The number of nitrogens with one attached hydrogen (secondary N) is 1. The molecule has 0 bridgehead atoms. The number of aryl methyl sites for hydroxylation is 1. The highest BCUT2D eigenvalue weighted by Gasteiger charge is 2.39. The summed E-state index contributed by atoms with van der Waals surface area (Å²) in [6, 6.07) is 0.201. The fraction of sp³-hybridized carbons (Fsp3) is 0.733. The minimum atomic E-state index is -0.243. The molecule has 2 N–H and O–H groups in total. The van der Waals surface area contributed by atoms with Gasteiger partial charge in [-0.05, 0) is 32.6 Å². The molecule has 110 valence electrons. The molecular formula is C15H23N3O2. The van der Waals surface area contributed by atoms with Gasteiger partial charge >= 0.3 is 0 Å². The summed E-state index contributed by atoms with van der Waals surface area (Å²) in [7, 11) is 0. The van der Waals surface area contributed by atoms with Gasteiger partial charge in [0.05, 0.1) is 17.9 Å². The van der Waals surface area contributed by atoms with E-state index in [9.17, 15) is 9.90 Å². The minimum absolute atomic E-state index is 0.0662. The lowest BCUT2D eigenvalue weighted by Gasteiger charge is -2.37. The Bertz CT molecular complexity index is 485. The summed E-state index contributed by atoms with van der Waals surface area (Å²) in [6.45, 7) is 2.68. The number of likely N-dealkylation sites (tertiary alicyclic amines) is 1. The summed E-state index contributed by atoms with van der Waals surface area (Å²) in [4.78, 5) is 14.6. The number of aromatic amines is 1. The molecule has 1 saturated heterocycles. The van der Waals surface area contributed by atoms with Gasteiger partial charge in [-0.25, -0.2) is 0 Å². The van der Waals surface area contributed by atoms with Crippen LogP contribution in [-0.4, -0.2) is 44.8 Å². The summed E-state index contributed by atoms with van der Waals surface area (Å²) in [5.41, 5.74) is 1.49. The van der Waals surface area contributed by atoms with E-state index < -0.39 is 0 Å². The van der Waals surface area contributed by atoms with Gasteiger partial charge in [0, 0.05) is 24.2 Å². The summed E-state index contributed by atoms with van der Waals surface area (Å²) in [5.74, 6) is 0.318. The van der Waals surface area contributed by atoms with Gasteiger partial charge in [-0.15, -0.1) is 0 Å². The Morgan fingerprint density at radius 2 is 2.15 bits per heavy atom. The maximum Gasteiger partial charge on any atom is 0.257 e. The number of amides is 1. The zero-order chi connectivity index (χ0) is 14.1. The molecule has 2 aliphatic rings. The van der Waals surface area contributed by atoms with Crippen LogP contribution >= 0.6 is 0 Å². The summed E-state index contributed by atoms with van der Waals surface area (Å²) < 4.78 is 0. The highest BCUT2D eigenvalue weighted by atomic mass is 16.3. The number of aromatic nitrogens is 2. The zero-order valence-corrected chi connectivity index (χ0v) is 12.0. The van der Waals surface area contributed by atoms with Crippen LogP contribution in [0, 0.1) is 12.8 Å². The third kappa shape index (κ3) is 2.35. The van der Waals surface area contributed by atoms with Crippen molar-refractivity contribution in [1.82, 2.24) is 15.1 Å². The number of hydrogen-bond donors (Lipinski definition) is 2. The molecule has 1 saturated carbocycles. The normalized spacial score (nSPS) is 30.7. The molecule has 2 heterocycles.